The van der Waals surface area contributed by atoms with E-state index in [0.717, 1.165) is 5.56 Å². The van der Waals surface area contributed by atoms with Crippen molar-refractivity contribution in [1.29, 1.82) is 0 Å². The van der Waals surface area contributed by atoms with Gasteiger partial charge in [0.05, 0.1) is 7.11 Å². The van der Waals surface area contributed by atoms with E-state index in [2.05, 4.69) is 12.6 Å². The standard InChI is InChI=1S/C14H19NO3S/c1-4-13(16)15(12(9-19)14(17)18-3)11-7-5-10(2)6-8-11/h5-8,12,19H,4,9H2,1-3H3/t12-/m1/s1. The summed E-state index contributed by atoms with van der Waals surface area (Å²) in [6, 6.07) is 6.74. The molecule has 0 radical (unpaired) electrons. The minimum Gasteiger partial charge on any atom is -0.467 e. The van der Waals surface area contributed by atoms with Crippen LogP contribution >= 0.6 is 12.6 Å². The van der Waals surface area contributed by atoms with Gasteiger partial charge in [0.1, 0.15) is 6.04 Å². The number of amides is 1. The molecule has 0 aromatic heterocycles. The fraction of sp³-hybridized carbons (Fsp3) is 0.429. The maximum Gasteiger partial charge on any atom is 0.329 e. The Kier molecular flexibility index (Phi) is 5.89. The van der Waals surface area contributed by atoms with Crippen molar-refractivity contribution < 1.29 is 14.3 Å². The maximum absolute atomic E-state index is 12.1. The van der Waals surface area contributed by atoms with Crippen LogP contribution in [0.4, 0.5) is 5.69 Å². The second-order valence-electron chi connectivity index (χ2n) is 4.17. The van der Waals surface area contributed by atoms with Gasteiger partial charge in [-0.1, -0.05) is 24.6 Å². The highest BCUT2D eigenvalue weighted by molar-refractivity contribution is 7.80. The Labute approximate surface area is 119 Å². The number of ether oxygens (including phenoxy) is 1. The molecule has 0 aliphatic heterocycles. The van der Waals surface area contributed by atoms with Gasteiger partial charge in [0.2, 0.25) is 5.91 Å². The molecule has 0 aliphatic rings. The fourth-order valence-corrected chi connectivity index (χ4v) is 2.08. The molecule has 0 saturated heterocycles. The molecule has 1 rings (SSSR count). The van der Waals surface area contributed by atoms with Crippen LogP contribution < -0.4 is 4.90 Å². The van der Waals surface area contributed by atoms with E-state index in [4.69, 9.17) is 4.74 Å². The topological polar surface area (TPSA) is 46.6 Å². The average Bonchev–Trinajstić information content (AvgIpc) is 2.44. The summed E-state index contributed by atoms with van der Waals surface area (Å²) in [5.41, 5.74) is 1.77. The van der Waals surface area contributed by atoms with Gasteiger partial charge in [0.25, 0.3) is 0 Å². The van der Waals surface area contributed by atoms with E-state index in [1.54, 1.807) is 6.92 Å². The number of carbonyl (C=O) groups is 2. The summed E-state index contributed by atoms with van der Waals surface area (Å²) < 4.78 is 4.74. The minimum absolute atomic E-state index is 0.131. The summed E-state index contributed by atoms with van der Waals surface area (Å²) in [6.45, 7) is 3.72. The number of benzene rings is 1. The molecule has 1 aromatic rings. The smallest absolute Gasteiger partial charge is 0.329 e. The molecule has 0 spiro atoms. The largest absolute Gasteiger partial charge is 0.467 e. The highest BCUT2D eigenvalue weighted by Crippen LogP contribution is 2.20. The van der Waals surface area contributed by atoms with Gasteiger partial charge < -0.3 is 4.74 Å². The first-order valence-electron chi connectivity index (χ1n) is 6.12. The van der Waals surface area contributed by atoms with Gasteiger partial charge >= 0.3 is 5.97 Å². The van der Waals surface area contributed by atoms with Crippen LogP contribution in [0.3, 0.4) is 0 Å². The van der Waals surface area contributed by atoms with Crippen molar-refractivity contribution in [3.63, 3.8) is 0 Å². The van der Waals surface area contributed by atoms with Crippen molar-refractivity contribution in [1.82, 2.24) is 0 Å². The monoisotopic (exact) mass is 281 g/mol. The van der Waals surface area contributed by atoms with Gasteiger partial charge in [0, 0.05) is 17.9 Å². The maximum atomic E-state index is 12.1. The Morgan fingerprint density at radius 1 is 1.32 bits per heavy atom. The van der Waals surface area contributed by atoms with Gasteiger partial charge in [-0.05, 0) is 19.1 Å². The van der Waals surface area contributed by atoms with Crippen LogP contribution in [-0.2, 0) is 14.3 Å². The quantitative estimate of drug-likeness (QED) is 0.665. The Balaban J connectivity index is 3.16. The first-order chi connectivity index (χ1) is 9.04. The second kappa shape index (κ2) is 7.19. The summed E-state index contributed by atoms with van der Waals surface area (Å²) in [7, 11) is 1.31. The summed E-state index contributed by atoms with van der Waals surface area (Å²) in [6.07, 6.45) is 0.315. The molecule has 0 fully saturated rings. The van der Waals surface area contributed by atoms with Crippen LogP contribution in [0.2, 0.25) is 0 Å². The number of carbonyl (C=O) groups excluding carboxylic acids is 2. The first kappa shape index (κ1) is 15.6. The lowest BCUT2D eigenvalue weighted by molar-refractivity contribution is -0.142. The van der Waals surface area contributed by atoms with E-state index < -0.39 is 12.0 Å². The predicted molar refractivity (Wildman–Crippen MR) is 78.6 cm³/mol. The molecular formula is C14H19NO3S. The lowest BCUT2D eigenvalue weighted by atomic mass is 10.1. The van der Waals surface area contributed by atoms with Crippen molar-refractivity contribution >= 4 is 30.2 Å². The van der Waals surface area contributed by atoms with Crippen molar-refractivity contribution in [3.8, 4) is 0 Å². The van der Waals surface area contributed by atoms with Crippen molar-refractivity contribution in [3.05, 3.63) is 29.8 Å². The average molecular weight is 281 g/mol. The minimum atomic E-state index is -0.705. The van der Waals surface area contributed by atoms with Crippen molar-refractivity contribution in [2.75, 3.05) is 17.8 Å². The summed E-state index contributed by atoms with van der Waals surface area (Å²) >= 11 is 4.16. The van der Waals surface area contributed by atoms with Gasteiger partial charge in [0.15, 0.2) is 0 Å². The molecule has 4 nitrogen and oxygen atoms in total. The van der Waals surface area contributed by atoms with E-state index >= 15 is 0 Å². The number of aryl methyl sites for hydroxylation is 1. The molecule has 0 heterocycles. The van der Waals surface area contributed by atoms with Gasteiger partial charge in [-0.25, -0.2) is 4.79 Å². The molecule has 0 aliphatic carbocycles. The number of methoxy groups -OCH3 is 1. The Morgan fingerprint density at radius 3 is 2.32 bits per heavy atom. The van der Waals surface area contributed by atoms with E-state index in [0.29, 0.717) is 12.1 Å². The second-order valence-corrected chi connectivity index (χ2v) is 4.54. The van der Waals surface area contributed by atoms with Crippen LogP contribution in [-0.4, -0.2) is 30.8 Å². The van der Waals surface area contributed by atoms with E-state index in [-0.39, 0.29) is 11.7 Å². The zero-order valence-corrected chi connectivity index (χ0v) is 12.3. The summed E-state index contributed by atoms with van der Waals surface area (Å²) in [5.74, 6) is -0.377. The van der Waals surface area contributed by atoms with Gasteiger partial charge in [-0.15, -0.1) is 0 Å². The third-order valence-corrected chi connectivity index (χ3v) is 3.19. The van der Waals surface area contributed by atoms with E-state index in [1.807, 2.05) is 31.2 Å². The number of anilines is 1. The molecule has 1 aromatic carbocycles. The lowest BCUT2D eigenvalue weighted by Gasteiger charge is -2.29. The summed E-state index contributed by atoms with van der Waals surface area (Å²) in [4.78, 5) is 25.3. The molecule has 104 valence electrons. The number of thiol groups is 1. The number of hydrogen-bond donors (Lipinski definition) is 1. The SMILES string of the molecule is CCC(=O)N(c1ccc(C)cc1)[C@H](CS)C(=O)OC. The molecule has 0 N–H and O–H groups in total. The Morgan fingerprint density at radius 2 is 1.89 bits per heavy atom. The highest BCUT2D eigenvalue weighted by atomic mass is 32.1. The third-order valence-electron chi connectivity index (χ3n) is 2.84. The van der Waals surface area contributed by atoms with Crippen LogP contribution in [0.1, 0.15) is 18.9 Å². The predicted octanol–water partition coefficient (Wildman–Crippen LogP) is 2.21. The van der Waals surface area contributed by atoms with Crippen LogP contribution in [0, 0.1) is 6.92 Å². The third kappa shape index (κ3) is 3.73. The number of rotatable bonds is 5. The fourth-order valence-electron chi connectivity index (χ4n) is 1.77. The molecule has 1 atom stereocenters. The summed E-state index contributed by atoms with van der Waals surface area (Å²) in [5, 5.41) is 0. The molecule has 19 heavy (non-hydrogen) atoms. The Hall–Kier alpha value is -1.49. The van der Waals surface area contributed by atoms with E-state index in [9.17, 15) is 9.59 Å². The normalized spacial score (nSPS) is 11.8. The zero-order valence-electron chi connectivity index (χ0n) is 11.4. The number of hydrogen-bond acceptors (Lipinski definition) is 4. The molecule has 5 heteroatoms. The number of nitrogens with zero attached hydrogens (tertiary/aromatic N) is 1. The molecule has 1 amide bonds. The zero-order chi connectivity index (χ0) is 14.4. The Bertz CT molecular complexity index is 445. The molecule has 0 saturated carbocycles. The lowest BCUT2D eigenvalue weighted by Crippen LogP contribution is -2.47. The first-order valence-corrected chi connectivity index (χ1v) is 6.75. The van der Waals surface area contributed by atoms with Crippen LogP contribution in [0.15, 0.2) is 24.3 Å². The highest BCUT2D eigenvalue weighted by Gasteiger charge is 2.29. The molecule has 0 bridgehead atoms. The number of esters is 1. The van der Waals surface area contributed by atoms with Crippen LogP contribution in [0.25, 0.3) is 0 Å². The molecule has 0 unspecified atom stereocenters. The van der Waals surface area contributed by atoms with Gasteiger partial charge in [-0.2, -0.15) is 12.6 Å². The van der Waals surface area contributed by atoms with Crippen LogP contribution in [0.5, 0.6) is 0 Å². The van der Waals surface area contributed by atoms with Crippen molar-refractivity contribution in [2.45, 2.75) is 26.3 Å². The van der Waals surface area contributed by atoms with Crippen molar-refractivity contribution in [2.24, 2.45) is 0 Å². The molecular weight excluding hydrogens is 262 g/mol. The van der Waals surface area contributed by atoms with E-state index in [1.165, 1.54) is 12.0 Å². The van der Waals surface area contributed by atoms with Gasteiger partial charge in [-0.3, -0.25) is 9.69 Å².